The number of rotatable bonds is 4. The zero-order valence-electron chi connectivity index (χ0n) is 11.8. The van der Waals surface area contributed by atoms with Gasteiger partial charge in [-0.1, -0.05) is 37.6 Å². The van der Waals surface area contributed by atoms with E-state index in [-0.39, 0.29) is 18.4 Å². The largest absolute Gasteiger partial charge is 0.340 e. The maximum atomic E-state index is 12.6. The maximum absolute atomic E-state index is 12.6. The van der Waals surface area contributed by atoms with Gasteiger partial charge in [-0.2, -0.15) is 0 Å². The summed E-state index contributed by atoms with van der Waals surface area (Å²) in [6, 6.07) is 7.33. The molecule has 0 unspecified atom stereocenters. The van der Waals surface area contributed by atoms with Crippen molar-refractivity contribution in [2.24, 2.45) is 0 Å². The molecule has 1 N–H and O–H groups in total. The topological polar surface area (TPSA) is 49.4 Å². The van der Waals surface area contributed by atoms with Crippen molar-refractivity contribution in [1.29, 1.82) is 0 Å². The Labute approximate surface area is 124 Å². The third kappa shape index (κ3) is 2.80. The van der Waals surface area contributed by atoms with Crippen molar-refractivity contribution < 1.29 is 9.59 Å². The summed E-state index contributed by atoms with van der Waals surface area (Å²) < 4.78 is 0. The molecule has 1 heterocycles. The Kier molecular flexibility index (Phi) is 4.33. The fourth-order valence-electron chi connectivity index (χ4n) is 2.57. The van der Waals surface area contributed by atoms with E-state index in [4.69, 9.17) is 11.6 Å². The summed E-state index contributed by atoms with van der Waals surface area (Å²) in [4.78, 5) is 26.1. The normalized spacial score (nSPS) is 18.1. The van der Waals surface area contributed by atoms with Crippen molar-refractivity contribution in [1.82, 2.24) is 10.2 Å². The Morgan fingerprint density at radius 1 is 1.20 bits per heavy atom. The number of nitrogens with zero attached hydrogens (tertiary/aromatic N) is 1. The quantitative estimate of drug-likeness (QED) is 0.927. The number of amides is 2. The monoisotopic (exact) mass is 294 g/mol. The van der Waals surface area contributed by atoms with E-state index in [2.05, 4.69) is 5.32 Å². The molecule has 20 heavy (non-hydrogen) atoms. The van der Waals surface area contributed by atoms with E-state index in [1.807, 2.05) is 26.0 Å². The summed E-state index contributed by atoms with van der Waals surface area (Å²) >= 11 is 5.85. The second-order valence-electron chi connectivity index (χ2n) is 5.13. The summed E-state index contributed by atoms with van der Waals surface area (Å²) in [5, 5.41) is 3.51. The zero-order valence-corrected chi connectivity index (χ0v) is 12.5. The van der Waals surface area contributed by atoms with E-state index in [0.29, 0.717) is 24.4 Å². The fourth-order valence-corrected chi connectivity index (χ4v) is 2.70. The highest BCUT2D eigenvalue weighted by Gasteiger charge is 2.43. The highest BCUT2D eigenvalue weighted by atomic mass is 35.5. The number of halogens is 1. The van der Waals surface area contributed by atoms with Gasteiger partial charge in [0.25, 0.3) is 0 Å². The Morgan fingerprint density at radius 2 is 1.80 bits per heavy atom. The molecule has 1 saturated heterocycles. The average Bonchev–Trinajstić information content (AvgIpc) is 2.45. The van der Waals surface area contributed by atoms with Gasteiger partial charge >= 0.3 is 0 Å². The summed E-state index contributed by atoms with van der Waals surface area (Å²) in [5.41, 5.74) is 0.223. The molecule has 1 aromatic rings. The van der Waals surface area contributed by atoms with Gasteiger partial charge in [-0.3, -0.25) is 9.59 Å². The van der Waals surface area contributed by atoms with Gasteiger partial charge in [0.05, 0.1) is 6.54 Å². The third-order valence-corrected chi connectivity index (χ3v) is 4.16. The van der Waals surface area contributed by atoms with Crippen LogP contribution in [0.5, 0.6) is 0 Å². The lowest BCUT2D eigenvalue weighted by atomic mass is 9.88. The van der Waals surface area contributed by atoms with Crippen molar-refractivity contribution in [3.05, 3.63) is 34.9 Å². The molecule has 4 nitrogen and oxygen atoms in total. The summed E-state index contributed by atoms with van der Waals surface area (Å²) in [5.74, 6) is -0.0979. The van der Waals surface area contributed by atoms with Gasteiger partial charge in [0.15, 0.2) is 0 Å². The van der Waals surface area contributed by atoms with Gasteiger partial charge in [-0.05, 0) is 30.5 Å². The van der Waals surface area contributed by atoms with Gasteiger partial charge in [0.2, 0.25) is 11.8 Å². The van der Waals surface area contributed by atoms with Crippen LogP contribution in [0.3, 0.4) is 0 Å². The third-order valence-electron chi connectivity index (χ3n) is 3.90. The average molecular weight is 295 g/mol. The zero-order chi connectivity index (χ0) is 14.8. The van der Waals surface area contributed by atoms with Crippen molar-refractivity contribution in [3.63, 3.8) is 0 Å². The number of benzene rings is 1. The highest BCUT2D eigenvalue weighted by Crippen LogP contribution is 2.23. The molecule has 1 aliphatic rings. The first-order chi connectivity index (χ1) is 9.50. The molecular weight excluding hydrogens is 276 g/mol. The van der Waals surface area contributed by atoms with Crippen LogP contribution in [0.2, 0.25) is 5.02 Å². The Balaban J connectivity index is 2.20. The number of carbonyl (C=O) groups is 2. The number of nitrogens with one attached hydrogen (secondary N) is 1. The lowest BCUT2D eigenvalue weighted by molar-refractivity contribution is -0.151. The first kappa shape index (κ1) is 14.9. The first-order valence-corrected chi connectivity index (χ1v) is 7.23. The summed E-state index contributed by atoms with van der Waals surface area (Å²) in [6.07, 6.45) is 1.20. The van der Waals surface area contributed by atoms with Gasteiger partial charge in [0.1, 0.15) is 5.54 Å². The molecule has 2 rings (SSSR count). The fraction of sp³-hybridized carbons (Fsp3) is 0.467. The second kappa shape index (κ2) is 5.83. The summed E-state index contributed by atoms with van der Waals surface area (Å²) in [6.45, 7) is 4.40. The minimum Gasteiger partial charge on any atom is -0.340 e. The minimum atomic E-state index is -0.748. The van der Waals surface area contributed by atoms with E-state index in [0.717, 1.165) is 5.56 Å². The highest BCUT2D eigenvalue weighted by molar-refractivity contribution is 6.30. The minimum absolute atomic E-state index is 0.00273. The molecule has 0 atom stereocenters. The molecular formula is C15H19ClN2O2. The van der Waals surface area contributed by atoms with Crippen LogP contribution in [0.25, 0.3) is 0 Å². The molecule has 108 valence electrons. The standard InChI is InChI=1S/C15H19ClN2O2/c1-3-15(4-2)14(20)18(10-13(19)17-15)9-11-5-7-12(16)8-6-11/h5-8H,3-4,9-10H2,1-2H3,(H,17,19). The molecule has 0 aromatic heterocycles. The molecule has 0 bridgehead atoms. The molecule has 1 aromatic carbocycles. The Bertz CT molecular complexity index is 509. The Morgan fingerprint density at radius 3 is 2.35 bits per heavy atom. The van der Waals surface area contributed by atoms with Crippen LogP contribution in [-0.4, -0.2) is 28.8 Å². The van der Waals surface area contributed by atoms with Crippen molar-refractivity contribution >= 4 is 23.4 Å². The second-order valence-corrected chi connectivity index (χ2v) is 5.56. The van der Waals surface area contributed by atoms with Crippen LogP contribution in [0.1, 0.15) is 32.3 Å². The van der Waals surface area contributed by atoms with Crippen LogP contribution >= 0.6 is 11.6 Å². The molecule has 1 fully saturated rings. The molecule has 0 radical (unpaired) electrons. The number of piperazine rings is 1. The Hall–Kier alpha value is -1.55. The molecule has 1 aliphatic heterocycles. The molecule has 0 spiro atoms. The van der Waals surface area contributed by atoms with Gasteiger partial charge < -0.3 is 10.2 Å². The number of carbonyl (C=O) groups excluding carboxylic acids is 2. The van der Waals surface area contributed by atoms with E-state index < -0.39 is 5.54 Å². The van der Waals surface area contributed by atoms with Gasteiger partial charge in [-0.15, -0.1) is 0 Å². The van der Waals surface area contributed by atoms with Crippen molar-refractivity contribution in [2.75, 3.05) is 6.54 Å². The number of hydrogen-bond acceptors (Lipinski definition) is 2. The lowest BCUT2D eigenvalue weighted by Gasteiger charge is -2.41. The van der Waals surface area contributed by atoms with Crippen LogP contribution < -0.4 is 5.32 Å². The predicted octanol–water partition coefficient (Wildman–Crippen LogP) is 2.36. The summed E-state index contributed by atoms with van der Waals surface area (Å²) in [7, 11) is 0. The lowest BCUT2D eigenvalue weighted by Crippen LogP contribution is -2.65. The molecule has 5 heteroatoms. The van der Waals surface area contributed by atoms with Gasteiger partial charge in [0, 0.05) is 11.6 Å². The SMILES string of the molecule is CCC1(CC)NC(=O)CN(Cc2ccc(Cl)cc2)C1=O. The maximum Gasteiger partial charge on any atom is 0.249 e. The first-order valence-electron chi connectivity index (χ1n) is 6.85. The van der Waals surface area contributed by atoms with Crippen LogP contribution in [0.15, 0.2) is 24.3 Å². The van der Waals surface area contributed by atoms with Crippen molar-refractivity contribution in [2.45, 2.75) is 38.8 Å². The van der Waals surface area contributed by atoms with Crippen molar-refractivity contribution in [3.8, 4) is 0 Å². The van der Waals surface area contributed by atoms with Crippen LogP contribution in [0, 0.1) is 0 Å². The smallest absolute Gasteiger partial charge is 0.249 e. The number of hydrogen-bond donors (Lipinski definition) is 1. The van der Waals surface area contributed by atoms with Crippen LogP contribution in [0.4, 0.5) is 0 Å². The molecule has 0 aliphatic carbocycles. The van der Waals surface area contributed by atoms with E-state index in [1.54, 1.807) is 17.0 Å². The van der Waals surface area contributed by atoms with E-state index >= 15 is 0 Å². The van der Waals surface area contributed by atoms with Crippen LogP contribution in [-0.2, 0) is 16.1 Å². The predicted molar refractivity (Wildman–Crippen MR) is 78.3 cm³/mol. The van der Waals surface area contributed by atoms with E-state index in [9.17, 15) is 9.59 Å². The molecule has 0 saturated carbocycles. The van der Waals surface area contributed by atoms with Gasteiger partial charge in [-0.25, -0.2) is 0 Å². The molecule has 2 amide bonds. The van der Waals surface area contributed by atoms with E-state index in [1.165, 1.54) is 0 Å².